The second-order valence-electron chi connectivity index (χ2n) is 6.73. The number of carbonyl (C=O) groups is 1. The van der Waals surface area contributed by atoms with Crippen molar-refractivity contribution in [3.8, 4) is 5.75 Å². The number of para-hydroxylation sites is 1. The molecule has 4 rings (SSSR count). The Morgan fingerprint density at radius 1 is 1.25 bits per heavy atom. The maximum Gasteiger partial charge on any atom is 0.311 e. The lowest BCUT2D eigenvalue weighted by atomic mass is 9.97. The van der Waals surface area contributed by atoms with E-state index in [9.17, 15) is 14.9 Å². The van der Waals surface area contributed by atoms with Crippen LogP contribution in [0.5, 0.6) is 5.75 Å². The Morgan fingerprint density at radius 3 is 2.68 bits per heavy atom. The summed E-state index contributed by atoms with van der Waals surface area (Å²) in [5, 5.41) is 12.3. The molecule has 0 N–H and O–H groups in total. The topological polar surface area (TPSA) is 85.6 Å². The highest BCUT2D eigenvalue weighted by Gasteiger charge is 2.28. The average Bonchev–Trinajstić information content (AvgIpc) is 3.17. The van der Waals surface area contributed by atoms with Gasteiger partial charge in [0.05, 0.1) is 27.3 Å². The Morgan fingerprint density at radius 2 is 2.00 bits per heavy atom. The maximum atomic E-state index is 12.8. The molecule has 0 spiro atoms. The molecule has 0 unspecified atom stereocenters. The normalized spacial score (nSPS) is 15.0. The van der Waals surface area contributed by atoms with Crippen molar-refractivity contribution in [1.82, 2.24) is 9.88 Å². The molecule has 1 aliphatic heterocycles. The molecule has 0 radical (unpaired) electrons. The van der Waals surface area contributed by atoms with E-state index in [2.05, 4.69) is 6.07 Å². The monoisotopic (exact) mass is 397 g/mol. The molecule has 2 aromatic carbocycles. The molecule has 28 heavy (non-hydrogen) atoms. The summed E-state index contributed by atoms with van der Waals surface area (Å²) in [5.41, 5.74) is 1.13. The number of rotatable bonds is 4. The van der Waals surface area contributed by atoms with Crippen LogP contribution in [0.4, 0.5) is 5.69 Å². The Bertz CT molecular complexity index is 1010. The number of nitro benzene ring substituents is 1. The van der Waals surface area contributed by atoms with Crippen LogP contribution in [0.25, 0.3) is 10.2 Å². The van der Waals surface area contributed by atoms with Crippen LogP contribution in [-0.4, -0.2) is 40.9 Å². The number of nitrogens with zero attached hydrogens (tertiary/aromatic N) is 3. The second-order valence-corrected chi connectivity index (χ2v) is 7.79. The minimum absolute atomic E-state index is 0.149. The van der Waals surface area contributed by atoms with Crippen molar-refractivity contribution in [2.75, 3.05) is 20.2 Å². The number of hydrogen-bond donors (Lipinski definition) is 0. The number of piperidine rings is 1. The molecule has 144 valence electrons. The minimum Gasteiger partial charge on any atom is -0.490 e. The summed E-state index contributed by atoms with van der Waals surface area (Å²) in [6.07, 6.45) is 1.67. The Hall–Kier alpha value is -3.00. The predicted octanol–water partition coefficient (Wildman–Crippen LogP) is 4.23. The zero-order valence-electron chi connectivity index (χ0n) is 15.3. The van der Waals surface area contributed by atoms with Crippen molar-refractivity contribution < 1.29 is 14.5 Å². The van der Waals surface area contributed by atoms with E-state index in [1.54, 1.807) is 22.3 Å². The van der Waals surface area contributed by atoms with E-state index in [-0.39, 0.29) is 17.3 Å². The van der Waals surface area contributed by atoms with E-state index < -0.39 is 4.92 Å². The van der Waals surface area contributed by atoms with Gasteiger partial charge in [-0.1, -0.05) is 12.1 Å². The predicted molar refractivity (Wildman–Crippen MR) is 107 cm³/mol. The van der Waals surface area contributed by atoms with Crippen LogP contribution < -0.4 is 4.74 Å². The van der Waals surface area contributed by atoms with E-state index in [0.29, 0.717) is 24.6 Å². The Kier molecular flexibility index (Phi) is 4.95. The van der Waals surface area contributed by atoms with Crippen molar-refractivity contribution in [2.45, 2.75) is 18.8 Å². The number of thiazole rings is 1. The first kappa shape index (κ1) is 18.4. The second kappa shape index (κ2) is 7.55. The molecular formula is C20H19N3O4S. The zero-order chi connectivity index (χ0) is 19.7. The molecule has 3 aromatic rings. The fraction of sp³-hybridized carbons (Fsp3) is 0.300. The van der Waals surface area contributed by atoms with Gasteiger partial charge in [-0.2, -0.15) is 0 Å². The quantitative estimate of drug-likeness (QED) is 0.486. The molecule has 0 bridgehead atoms. The van der Waals surface area contributed by atoms with E-state index in [1.165, 1.54) is 23.9 Å². The van der Waals surface area contributed by atoms with Gasteiger partial charge in [0.2, 0.25) is 0 Å². The van der Waals surface area contributed by atoms with E-state index in [1.807, 2.05) is 18.2 Å². The molecule has 2 heterocycles. The average molecular weight is 397 g/mol. The lowest BCUT2D eigenvalue weighted by Crippen LogP contribution is -2.37. The van der Waals surface area contributed by atoms with Crippen molar-refractivity contribution in [3.05, 3.63) is 63.1 Å². The van der Waals surface area contributed by atoms with Crippen LogP contribution in [0.2, 0.25) is 0 Å². The summed E-state index contributed by atoms with van der Waals surface area (Å²) in [7, 11) is 1.37. The highest BCUT2D eigenvalue weighted by atomic mass is 32.1. The molecule has 1 aliphatic rings. The molecule has 1 fully saturated rings. The number of benzene rings is 2. The molecule has 0 saturated carbocycles. The van der Waals surface area contributed by atoms with Gasteiger partial charge in [0, 0.05) is 30.6 Å². The van der Waals surface area contributed by atoms with Crippen molar-refractivity contribution in [2.24, 2.45) is 0 Å². The summed E-state index contributed by atoms with van der Waals surface area (Å²) >= 11 is 1.72. The lowest BCUT2D eigenvalue weighted by molar-refractivity contribution is -0.385. The number of methoxy groups -OCH3 is 1. The summed E-state index contributed by atoms with van der Waals surface area (Å²) in [6.45, 7) is 1.22. The SMILES string of the molecule is COc1ccc(C(=O)N2CCC(c3nc4ccccc4s3)CC2)cc1[N+](=O)[O-]. The number of likely N-dealkylation sites (tertiary alicyclic amines) is 1. The van der Waals surface area contributed by atoms with Gasteiger partial charge < -0.3 is 9.64 Å². The Balaban J connectivity index is 1.46. The third-order valence-electron chi connectivity index (χ3n) is 5.06. The molecule has 7 nitrogen and oxygen atoms in total. The smallest absolute Gasteiger partial charge is 0.311 e. The zero-order valence-corrected chi connectivity index (χ0v) is 16.1. The fourth-order valence-electron chi connectivity index (χ4n) is 3.54. The number of ether oxygens (including phenoxy) is 1. The lowest BCUT2D eigenvalue weighted by Gasteiger charge is -2.31. The Labute approximate surface area is 165 Å². The third kappa shape index (κ3) is 3.43. The maximum absolute atomic E-state index is 12.8. The van der Waals surface area contributed by atoms with Gasteiger partial charge in [0.15, 0.2) is 5.75 Å². The van der Waals surface area contributed by atoms with Gasteiger partial charge in [-0.3, -0.25) is 14.9 Å². The number of amides is 1. The molecule has 0 aliphatic carbocycles. The molecule has 1 amide bonds. The number of aromatic nitrogens is 1. The summed E-state index contributed by atoms with van der Waals surface area (Å²) in [6, 6.07) is 12.4. The van der Waals surface area contributed by atoms with Gasteiger partial charge in [0.1, 0.15) is 0 Å². The molecule has 8 heteroatoms. The first-order chi connectivity index (χ1) is 13.6. The van der Waals surface area contributed by atoms with Crippen LogP contribution >= 0.6 is 11.3 Å². The van der Waals surface area contributed by atoms with Gasteiger partial charge in [-0.05, 0) is 37.1 Å². The van der Waals surface area contributed by atoms with Crippen LogP contribution in [0, 0.1) is 10.1 Å². The standard InChI is InChI=1S/C20H19N3O4S/c1-27-17-7-6-14(12-16(17)23(25)26)20(24)22-10-8-13(9-11-22)19-21-15-4-2-3-5-18(15)28-19/h2-7,12-13H,8-11H2,1H3. The van der Waals surface area contributed by atoms with Gasteiger partial charge in [-0.25, -0.2) is 4.98 Å². The van der Waals surface area contributed by atoms with Crippen molar-refractivity contribution in [3.63, 3.8) is 0 Å². The highest BCUT2D eigenvalue weighted by Crippen LogP contribution is 2.34. The van der Waals surface area contributed by atoms with E-state index >= 15 is 0 Å². The van der Waals surface area contributed by atoms with Crippen LogP contribution in [0.1, 0.15) is 34.1 Å². The number of nitro groups is 1. The van der Waals surface area contributed by atoms with Crippen LogP contribution in [-0.2, 0) is 0 Å². The molecular weight excluding hydrogens is 378 g/mol. The van der Waals surface area contributed by atoms with Gasteiger partial charge in [0.25, 0.3) is 5.91 Å². The fourth-order valence-corrected chi connectivity index (χ4v) is 4.68. The van der Waals surface area contributed by atoms with E-state index in [4.69, 9.17) is 9.72 Å². The van der Waals surface area contributed by atoms with Crippen molar-refractivity contribution >= 4 is 33.1 Å². The first-order valence-corrected chi connectivity index (χ1v) is 9.85. The molecule has 1 saturated heterocycles. The van der Waals surface area contributed by atoms with Crippen LogP contribution in [0.15, 0.2) is 42.5 Å². The number of fused-ring (bicyclic) bond motifs is 1. The summed E-state index contributed by atoms with van der Waals surface area (Å²) < 4.78 is 6.18. The number of carbonyl (C=O) groups excluding carboxylic acids is 1. The first-order valence-electron chi connectivity index (χ1n) is 9.04. The minimum atomic E-state index is -0.533. The highest BCUT2D eigenvalue weighted by molar-refractivity contribution is 7.18. The third-order valence-corrected chi connectivity index (χ3v) is 6.26. The van der Waals surface area contributed by atoms with E-state index in [0.717, 1.165) is 23.4 Å². The summed E-state index contributed by atoms with van der Waals surface area (Å²) in [5.74, 6) is 0.302. The molecule has 0 atom stereocenters. The largest absolute Gasteiger partial charge is 0.490 e. The van der Waals surface area contributed by atoms with Crippen molar-refractivity contribution in [1.29, 1.82) is 0 Å². The van der Waals surface area contributed by atoms with Gasteiger partial charge >= 0.3 is 5.69 Å². The van der Waals surface area contributed by atoms with Crippen LogP contribution in [0.3, 0.4) is 0 Å². The molecule has 1 aromatic heterocycles. The number of hydrogen-bond acceptors (Lipinski definition) is 6. The summed E-state index contributed by atoms with van der Waals surface area (Å²) in [4.78, 5) is 30.0. The van der Waals surface area contributed by atoms with Gasteiger partial charge in [-0.15, -0.1) is 11.3 Å².